The molecule has 0 saturated heterocycles. The molecular weight excluding hydrogens is 270 g/mol. The Labute approximate surface area is 122 Å². The van der Waals surface area contributed by atoms with Crippen molar-refractivity contribution in [3.63, 3.8) is 0 Å². The first-order chi connectivity index (χ1) is 10.1. The fraction of sp³-hybridized carbons (Fsp3) is 0.375. The summed E-state index contributed by atoms with van der Waals surface area (Å²) >= 11 is 0. The first-order valence-corrected chi connectivity index (χ1v) is 7.18. The van der Waals surface area contributed by atoms with E-state index in [1.165, 1.54) is 18.6 Å². The van der Waals surface area contributed by atoms with Gasteiger partial charge in [0.05, 0.1) is 0 Å². The molecule has 0 amide bonds. The fourth-order valence-electron chi connectivity index (χ4n) is 2.85. The maximum atomic E-state index is 11.4. The lowest BCUT2D eigenvalue weighted by Gasteiger charge is -2.17. The van der Waals surface area contributed by atoms with Crippen LogP contribution in [0.25, 0.3) is 11.3 Å². The smallest absolute Gasteiger partial charge is 0.374 e. The third-order valence-electron chi connectivity index (χ3n) is 3.91. The van der Waals surface area contributed by atoms with Gasteiger partial charge in [-0.05, 0) is 25.0 Å². The summed E-state index contributed by atoms with van der Waals surface area (Å²) < 4.78 is 5.52. The second-order valence-corrected chi connectivity index (χ2v) is 5.42. The van der Waals surface area contributed by atoms with Crippen molar-refractivity contribution in [2.24, 2.45) is 0 Å². The molecule has 21 heavy (non-hydrogen) atoms. The van der Waals surface area contributed by atoms with Crippen molar-refractivity contribution >= 4 is 5.97 Å². The van der Waals surface area contributed by atoms with Gasteiger partial charge in [-0.3, -0.25) is 0 Å². The van der Waals surface area contributed by atoms with Crippen molar-refractivity contribution < 1.29 is 19.4 Å². The number of carbonyl (C=O) groups is 1. The molecule has 0 unspecified atom stereocenters. The molecule has 3 rings (SSSR count). The van der Waals surface area contributed by atoms with Crippen LogP contribution >= 0.6 is 0 Å². The first-order valence-electron chi connectivity index (χ1n) is 7.18. The number of carboxylic acids is 1. The van der Waals surface area contributed by atoms with Crippen molar-refractivity contribution in [3.05, 3.63) is 35.9 Å². The summed E-state index contributed by atoms with van der Waals surface area (Å²) in [6, 6.07) is 6.40. The summed E-state index contributed by atoms with van der Waals surface area (Å²) in [7, 11) is 0. The van der Waals surface area contributed by atoms with E-state index in [0.29, 0.717) is 17.1 Å². The van der Waals surface area contributed by atoms with Gasteiger partial charge in [0.25, 0.3) is 0 Å². The number of oxazole rings is 1. The zero-order valence-corrected chi connectivity index (χ0v) is 11.6. The first kappa shape index (κ1) is 13.7. The van der Waals surface area contributed by atoms with E-state index in [-0.39, 0.29) is 17.4 Å². The van der Waals surface area contributed by atoms with Crippen molar-refractivity contribution in [1.82, 2.24) is 4.98 Å². The summed E-state index contributed by atoms with van der Waals surface area (Å²) in [5.41, 5.74) is 0.845. The lowest BCUT2D eigenvalue weighted by Crippen LogP contribution is -2.04. The number of phenols is 1. The Bertz CT molecular complexity index is 656. The monoisotopic (exact) mass is 287 g/mol. The molecule has 1 aromatic carbocycles. The number of aromatic hydroxyl groups is 1. The average Bonchev–Trinajstić information content (AvgIpc) is 2.93. The summed E-state index contributed by atoms with van der Waals surface area (Å²) in [5.74, 6) is -0.511. The highest BCUT2D eigenvalue weighted by Gasteiger charge is 2.26. The zero-order chi connectivity index (χ0) is 14.8. The van der Waals surface area contributed by atoms with Crippen molar-refractivity contribution in [2.75, 3.05) is 0 Å². The molecule has 1 aliphatic rings. The number of nitrogens with zero attached hydrogens (tertiary/aromatic N) is 1. The van der Waals surface area contributed by atoms with E-state index in [1.54, 1.807) is 12.1 Å². The molecule has 0 bridgehead atoms. The minimum Gasteiger partial charge on any atom is -0.508 e. The van der Waals surface area contributed by atoms with Crippen LogP contribution in [0.4, 0.5) is 0 Å². The number of hydrogen-bond acceptors (Lipinski definition) is 4. The average molecular weight is 287 g/mol. The largest absolute Gasteiger partial charge is 0.508 e. The highest BCUT2D eigenvalue weighted by atomic mass is 16.4. The second kappa shape index (κ2) is 5.60. The Kier molecular flexibility index (Phi) is 3.64. The molecule has 0 radical (unpaired) electrons. The Hall–Kier alpha value is -2.30. The van der Waals surface area contributed by atoms with E-state index in [4.69, 9.17) is 4.42 Å². The summed E-state index contributed by atoms with van der Waals surface area (Å²) in [4.78, 5) is 15.8. The summed E-state index contributed by atoms with van der Waals surface area (Å²) in [6.07, 6.45) is 5.42. The molecule has 1 heterocycles. The van der Waals surface area contributed by atoms with Crippen LogP contribution in [0.2, 0.25) is 0 Å². The fourth-order valence-corrected chi connectivity index (χ4v) is 2.85. The predicted molar refractivity (Wildman–Crippen MR) is 76.4 cm³/mol. The zero-order valence-electron chi connectivity index (χ0n) is 11.6. The van der Waals surface area contributed by atoms with E-state index < -0.39 is 5.97 Å². The predicted octanol–water partition coefficient (Wildman–Crippen LogP) is 3.79. The van der Waals surface area contributed by atoms with Crippen LogP contribution in [0.1, 0.15) is 54.5 Å². The standard InChI is InChI=1S/C16H17NO4/c18-12-8-4-7-11(9-12)13-14(16(19)20)21-15(17-13)10-5-2-1-3-6-10/h4,7-10,18H,1-3,5-6H2,(H,19,20). The minimum atomic E-state index is -1.14. The van der Waals surface area contributed by atoms with Gasteiger partial charge in [-0.15, -0.1) is 0 Å². The molecule has 1 aliphatic carbocycles. The van der Waals surface area contributed by atoms with Gasteiger partial charge in [-0.1, -0.05) is 31.4 Å². The molecule has 1 aromatic heterocycles. The number of hydrogen-bond donors (Lipinski definition) is 2. The van der Waals surface area contributed by atoms with Crippen LogP contribution < -0.4 is 0 Å². The number of carboxylic acid groups (broad SMARTS) is 1. The molecule has 110 valence electrons. The van der Waals surface area contributed by atoms with Crippen molar-refractivity contribution in [1.29, 1.82) is 0 Å². The van der Waals surface area contributed by atoms with E-state index in [9.17, 15) is 15.0 Å². The maximum absolute atomic E-state index is 11.4. The Balaban J connectivity index is 2.02. The topological polar surface area (TPSA) is 83.6 Å². The molecule has 5 nitrogen and oxygen atoms in total. The van der Waals surface area contributed by atoms with Gasteiger partial charge < -0.3 is 14.6 Å². The molecule has 2 aromatic rings. The minimum absolute atomic E-state index is 0.0751. The lowest BCUT2D eigenvalue weighted by atomic mass is 9.89. The number of benzene rings is 1. The van der Waals surface area contributed by atoms with Crippen LogP contribution in [-0.4, -0.2) is 21.2 Å². The van der Waals surface area contributed by atoms with Gasteiger partial charge >= 0.3 is 5.97 Å². The van der Waals surface area contributed by atoms with E-state index in [0.717, 1.165) is 25.7 Å². The Morgan fingerprint density at radius 2 is 2.00 bits per heavy atom. The summed E-state index contributed by atoms with van der Waals surface area (Å²) in [5, 5.41) is 18.9. The molecule has 0 aliphatic heterocycles. The number of aromatic nitrogens is 1. The van der Waals surface area contributed by atoms with Gasteiger partial charge in [-0.2, -0.15) is 0 Å². The summed E-state index contributed by atoms with van der Waals surface area (Å²) in [6.45, 7) is 0. The number of phenolic OH excluding ortho intramolecular Hbond substituents is 1. The van der Waals surface area contributed by atoms with E-state index >= 15 is 0 Å². The Morgan fingerprint density at radius 1 is 1.24 bits per heavy atom. The van der Waals surface area contributed by atoms with Crippen LogP contribution in [-0.2, 0) is 0 Å². The van der Waals surface area contributed by atoms with Gasteiger partial charge in [0.1, 0.15) is 11.4 Å². The van der Waals surface area contributed by atoms with Crippen LogP contribution in [0.5, 0.6) is 5.75 Å². The molecule has 1 fully saturated rings. The van der Waals surface area contributed by atoms with Crippen molar-refractivity contribution in [3.8, 4) is 17.0 Å². The molecule has 1 saturated carbocycles. The van der Waals surface area contributed by atoms with E-state index in [2.05, 4.69) is 4.98 Å². The SMILES string of the molecule is O=C(O)c1oc(C2CCCCC2)nc1-c1cccc(O)c1. The molecule has 5 heteroatoms. The number of aromatic carboxylic acids is 1. The van der Waals surface area contributed by atoms with Crippen LogP contribution in [0.15, 0.2) is 28.7 Å². The molecule has 2 N–H and O–H groups in total. The quantitative estimate of drug-likeness (QED) is 0.897. The van der Waals surface area contributed by atoms with Crippen LogP contribution in [0, 0.1) is 0 Å². The molecule has 0 spiro atoms. The lowest BCUT2D eigenvalue weighted by molar-refractivity contribution is 0.0660. The van der Waals surface area contributed by atoms with E-state index in [1.807, 2.05) is 0 Å². The third-order valence-corrected chi connectivity index (χ3v) is 3.91. The molecular formula is C16H17NO4. The van der Waals surface area contributed by atoms with Gasteiger partial charge in [-0.25, -0.2) is 9.78 Å². The third kappa shape index (κ3) is 2.77. The maximum Gasteiger partial charge on any atom is 0.374 e. The highest BCUT2D eigenvalue weighted by molar-refractivity contribution is 5.91. The Morgan fingerprint density at radius 3 is 2.67 bits per heavy atom. The normalized spacial score (nSPS) is 16.0. The molecule has 0 atom stereocenters. The van der Waals surface area contributed by atoms with Gasteiger partial charge in [0, 0.05) is 11.5 Å². The highest BCUT2D eigenvalue weighted by Crippen LogP contribution is 2.35. The second-order valence-electron chi connectivity index (χ2n) is 5.42. The van der Waals surface area contributed by atoms with Crippen LogP contribution in [0.3, 0.4) is 0 Å². The van der Waals surface area contributed by atoms with Gasteiger partial charge in [0.15, 0.2) is 5.89 Å². The number of rotatable bonds is 3. The van der Waals surface area contributed by atoms with Crippen molar-refractivity contribution in [2.45, 2.75) is 38.0 Å². The van der Waals surface area contributed by atoms with Gasteiger partial charge in [0.2, 0.25) is 5.76 Å².